The summed E-state index contributed by atoms with van der Waals surface area (Å²) in [5.74, 6) is 1.58. The molecule has 0 aliphatic carbocycles. The second kappa shape index (κ2) is 8.27. The largest absolute Gasteiger partial charge is 0.486 e. The van der Waals surface area contributed by atoms with E-state index >= 15 is 0 Å². The van der Waals surface area contributed by atoms with Crippen LogP contribution >= 0.6 is 0 Å². The summed E-state index contributed by atoms with van der Waals surface area (Å²) in [6.45, 7) is 5.13. The van der Waals surface area contributed by atoms with Gasteiger partial charge in [-0.2, -0.15) is 0 Å². The number of carbonyl (C=O) groups is 1. The van der Waals surface area contributed by atoms with Crippen molar-refractivity contribution in [2.24, 2.45) is 0 Å². The van der Waals surface area contributed by atoms with Gasteiger partial charge in [-0.1, -0.05) is 32.4 Å². The molecular formula is C18H23NO3. The molecule has 2 rings (SSSR count). The van der Waals surface area contributed by atoms with Crippen LogP contribution in [0.5, 0.6) is 5.75 Å². The van der Waals surface area contributed by atoms with Crippen LogP contribution in [-0.2, 0) is 13.0 Å². The molecule has 0 bridgehead atoms. The third-order valence-corrected chi connectivity index (χ3v) is 3.26. The van der Waals surface area contributed by atoms with Crippen molar-refractivity contribution in [3.05, 3.63) is 53.5 Å². The summed E-state index contributed by atoms with van der Waals surface area (Å²) in [7, 11) is 0. The van der Waals surface area contributed by atoms with Gasteiger partial charge in [0, 0.05) is 6.54 Å². The number of benzene rings is 1. The Morgan fingerprint density at radius 2 is 1.86 bits per heavy atom. The highest BCUT2D eigenvalue weighted by Gasteiger charge is 2.10. The predicted octanol–water partition coefficient (Wildman–Crippen LogP) is 3.95. The van der Waals surface area contributed by atoms with Crippen LogP contribution in [0, 0.1) is 0 Å². The van der Waals surface area contributed by atoms with E-state index in [1.807, 2.05) is 19.1 Å². The molecule has 1 N–H and O–H groups in total. The van der Waals surface area contributed by atoms with Crippen molar-refractivity contribution in [2.45, 2.75) is 39.7 Å². The molecule has 1 heterocycles. The second-order valence-electron chi connectivity index (χ2n) is 5.20. The summed E-state index contributed by atoms with van der Waals surface area (Å²) in [4.78, 5) is 11.7. The highest BCUT2D eigenvalue weighted by Crippen LogP contribution is 2.16. The van der Waals surface area contributed by atoms with E-state index in [1.165, 1.54) is 5.56 Å². The Morgan fingerprint density at radius 3 is 2.55 bits per heavy atom. The van der Waals surface area contributed by atoms with Gasteiger partial charge in [-0.15, -0.1) is 0 Å². The summed E-state index contributed by atoms with van der Waals surface area (Å²) in [5, 5.41) is 2.78. The van der Waals surface area contributed by atoms with Crippen LogP contribution in [-0.4, -0.2) is 12.5 Å². The lowest BCUT2D eigenvalue weighted by Gasteiger charge is -2.05. The molecule has 1 aromatic heterocycles. The number of hydrogen-bond acceptors (Lipinski definition) is 3. The summed E-state index contributed by atoms with van der Waals surface area (Å²) in [6, 6.07) is 11.5. The molecule has 0 saturated heterocycles. The van der Waals surface area contributed by atoms with Crippen molar-refractivity contribution in [3.8, 4) is 5.75 Å². The highest BCUT2D eigenvalue weighted by molar-refractivity contribution is 5.91. The van der Waals surface area contributed by atoms with E-state index in [-0.39, 0.29) is 5.91 Å². The zero-order chi connectivity index (χ0) is 15.8. The Labute approximate surface area is 131 Å². The normalized spacial score (nSPS) is 10.5. The molecular weight excluding hydrogens is 278 g/mol. The predicted molar refractivity (Wildman–Crippen MR) is 86.1 cm³/mol. The first-order valence-corrected chi connectivity index (χ1v) is 7.81. The van der Waals surface area contributed by atoms with Crippen LogP contribution in [0.1, 0.15) is 48.6 Å². The third kappa shape index (κ3) is 4.65. The van der Waals surface area contributed by atoms with Crippen molar-refractivity contribution in [3.63, 3.8) is 0 Å². The zero-order valence-electron chi connectivity index (χ0n) is 13.2. The van der Waals surface area contributed by atoms with E-state index in [0.717, 1.165) is 25.0 Å². The van der Waals surface area contributed by atoms with Gasteiger partial charge >= 0.3 is 0 Å². The standard InChI is InChI=1S/C18H23NO3/c1-3-5-14-6-8-15(9-7-14)21-13-16-10-11-17(22-16)18(20)19-12-4-2/h6-11H,3-5,12-13H2,1-2H3,(H,19,20). The third-order valence-electron chi connectivity index (χ3n) is 3.26. The van der Waals surface area contributed by atoms with E-state index in [0.29, 0.717) is 24.7 Å². The van der Waals surface area contributed by atoms with Gasteiger partial charge < -0.3 is 14.5 Å². The summed E-state index contributed by atoms with van der Waals surface area (Å²) < 4.78 is 11.2. The van der Waals surface area contributed by atoms with Crippen molar-refractivity contribution < 1.29 is 13.9 Å². The maximum atomic E-state index is 11.7. The topological polar surface area (TPSA) is 51.5 Å². The number of nitrogens with one attached hydrogen (secondary N) is 1. The van der Waals surface area contributed by atoms with Gasteiger partial charge in [0.2, 0.25) is 0 Å². The number of furan rings is 1. The van der Waals surface area contributed by atoms with Crippen LogP contribution in [0.4, 0.5) is 0 Å². The van der Waals surface area contributed by atoms with E-state index in [1.54, 1.807) is 12.1 Å². The van der Waals surface area contributed by atoms with Crippen molar-refractivity contribution in [2.75, 3.05) is 6.54 Å². The van der Waals surface area contributed by atoms with Gasteiger partial charge in [-0.05, 0) is 42.7 Å². The molecule has 2 aromatic rings. The SMILES string of the molecule is CCCNC(=O)c1ccc(COc2ccc(CCC)cc2)o1. The summed E-state index contributed by atoms with van der Waals surface area (Å²) >= 11 is 0. The Bertz CT molecular complexity index is 587. The minimum absolute atomic E-state index is 0.183. The molecule has 22 heavy (non-hydrogen) atoms. The Kier molecular flexibility index (Phi) is 6.07. The van der Waals surface area contributed by atoms with E-state index < -0.39 is 0 Å². The first kappa shape index (κ1) is 16.1. The molecule has 1 amide bonds. The van der Waals surface area contributed by atoms with E-state index in [4.69, 9.17) is 9.15 Å². The number of rotatable bonds is 8. The molecule has 0 spiro atoms. The monoisotopic (exact) mass is 301 g/mol. The van der Waals surface area contributed by atoms with E-state index in [2.05, 4.69) is 24.4 Å². The fraction of sp³-hybridized carbons (Fsp3) is 0.389. The van der Waals surface area contributed by atoms with Crippen LogP contribution < -0.4 is 10.1 Å². The maximum absolute atomic E-state index is 11.7. The quantitative estimate of drug-likeness (QED) is 0.803. The number of amides is 1. The average molecular weight is 301 g/mol. The van der Waals surface area contributed by atoms with Crippen LogP contribution in [0.2, 0.25) is 0 Å². The first-order chi connectivity index (χ1) is 10.7. The number of hydrogen-bond donors (Lipinski definition) is 1. The molecule has 0 atom stereocenters. The second-order valence-corrected chi connectivity index (χ2v) is 5.20. The molecule has 118 valence electrons. The van der Waals surface area contributed by atoms with Gasteiger partial charge in [0.15, 0.2) is 5.76 Å². The highest BCUT2D eigenvalue weighted by atomic mass is 16.5. The molecule has 0 radical (unpaired) electrons. The molecule has 4 heteroatoms. The van der Waals surface area contributed by atoms with Gasteiger partial charge in [-0.25, -0.2) is 0 Å². The molecule has 0 fully saturated rings. The maximum Gasteiger partial charge on any atom is 0.286 e. The molecule has 0 saturated carbocycles. The first-order valence-electron chi connectivity index (χ1n) is 7.81. The number of ether oxygens (including phenoxy) is 1. The Morgan fingerprint density at radius 1 is 1.09 bits per heavy atom. The summed E-state index contributed by atoms with van der Waals surface area (Å²) in [5.41, 5.74) is 1.31. The minimum atomic E-state index is -0.183. The lowest BCUT2D eigenvalue weighted by molar-refractivity contribution is 0.0922. The van der Waals surface area contributed by atoms with Crippen molar-refractivity contribution >= 4 is 5.91 Å². The van der Waals surface area contributed by atoms with Crippen LogP contribution in [0.15, 0.2) is 40.8 Å². The lowest BCUT2D eigenvalue weighted by Crippen LogP contribution is -2.23. The van der Waals surface area contributed by atoms with Crippen molar-refractivity contribution in [1.29, 1.82) is 0 Å². The molecule has 0 aliphatic rings. The fourth-order valence-electron chi connectivity index (χ4n) is 2.10. The zero-order valence-corrected chi connectivity index (χ0v) is 13.2. The van der Waals surface area contributed by atoms with Gasteiger partial charge in [0.25, 0.3) is 5.91 Å². The Balaban J connectivity index is 1.86. The lowest BCUT2D eigenvalue weighted by atomic mass is 10.1. The average Bonchev–Trinajstić information content (AvgIpc) is 3.01. The van der Waals surface area contributed by atoms with Crippen LogP contribution in [0.25, 0.3) is 0 Å². The fourth-order valence-corrected chi connectivity index (χ4v) is 2.10. The molecule has 1 aromatic carbocycles. The smallest absolute Gasteiger partial charge is 0.286 e. The number of carbonyl (C=O) groups excluding carboxylic acids is 1. The van der Waals surface area contributed by atoms with Gasteiger partial charge in [0.05, 0.1) is 0 Å². The number of aryl methyl sites for hydroxylation is 1. The molecule has 4 nitrogen and oxygen atoms in total. The molecule has 0 aliphatic heterocycles. The summed E-state index contributed by atoms with van der Waals surface area (Å²) in [6.07, 6.45) is 3.11. The molecule has 0 unspecified atom stereocenters. The minimum Gasteiger partial charge on any atom is -0.486 e. The van der Waals surface area contributed by atoms with Crippen LogP contribution in [0.3, 0.4) is 0 Å². The Hall–Kier alpha value is -2.23. The van der Waals surface area contributed by atoms with Gasteiger partial charge in [-0.3, -0.25) is 4.79 Å². The van der Waals surface area contributed by atoms with Gasteiger partial charge in [0.1, 0.15) is 18.1 Å². The van der Waals surface area contributed by atoms with E-state index in [9.17, 15) is 4.79 Å². The van der Waals surface area contributed by atoms with Crippen molar-refractivity contribution in [1.82, 2.24) is 5.32 Å².